The van der Waals surface area contributed by atoms with Crippen molar-refractivity contribution in [3.63, 3.8) is 0 Å². The molecule has 1 aromatic carbocycles. The average molecular weight is 328 g/mol. The number of para-hydroxylation sites is 2. The average Bonchev–Trinajstić information content (AvgIpc) is 2.45. The third kappa shape index (κ3) is 6.85. The van der Waals surface area contributed by atoms with Gasteiger partial charge >= 0.3 is 7.60 Å². The van der Waals surface area contributed by atoms with E-state index in [9.17, 15) is 4.57 Å². The highest BCUT2D eigenvalue weighted by molar-refractivity contribution is 7.54. The Kier molecular flexibility index (Phi) is 7.98. The van der Waals surface area contributed by atoms with E-state index < -0.39 is 7.60 Å². The highest BCUT2D eigenvalue weighted by atomic mass is 31.2. The summed E-state index contributed by atoms with van der Waals surface area (Å²) < 4.78 is 30.1. The fourth-order valence-electron chi connectivity index (χ4n) is 1.78. The molecule has 22 heavy (non-hydrogen) atoms. The van der Waals surface area contributed by atoms with E-state index in [1.54, 1.807) is 6.07 Å². The van der Waals surface area contributed by atoms with Gasteiger partial charge in [0.1, 0.15) is 0 Å². The highest BCUT2D eigenvalue weighted by Gasteiger charge is 2.27. The summed E-state index contributed by atoms with van der Waals surface area (Å²) in [6.07, 6.45) is 2.20. The Balaban J connectivity index is 2.91. The van der Waals surface area contributed by atoms with E-state index >= 15 is 0 Å². The maximum atomic E-state index is 13.0. The number of rotatable bonds is 10. The monoisotopic (exact) mass is 328 g/mol. The Labute approximate surface area is 134 Å². The van der Waals surface area contributed by atoms with Gasteiger partial charge in [-0.2, -0.15) is 0 Å². The van der Waals surface area contributed by atoms with Gasteiger partial charge in [-0.15, -0.1) is 0 Å². The molecule has 126 valence electrons. The predicted molar refractivity (Wildman–Crippen MR) is 91.0 cm³/mol. The Morgan fingerprint density at radius 3 is 2.27 bits per heavy atom. The van der Waals surface area contributed by atoms with Crippen LogP contribution < -0.4 is 9.26 Å². The second-order valence-corrected chi connectivity index (χ2v) is 8.19. The summed E-state index contributed by atoms with van der Waals surface area (Å²) >= 11 is 0. The van der Waals surface area contributed by atoms with Crippen LogP contribution in [0.5, 0.6) is 11.5 Å². The van der Waals surface area contributed by atoms with Gasteiger partial charge in [0, 0.05) is 0 Å². The number of hydrogen-bond donors (Lipinski definition) is 0. The summed E-state index contributed by atoms with van der Waals surface area (Å²) in [5.74, 6) is 1.39. The zero-order chi connectivity index (χ0) is 16.6. The third-order valence-electron chi connectivity index (χ3n) is 2.84. The second kappa shape index (κ2) is 9.22. The van der Waals surface area contributed by atoms with Crippen molar-refractivity contribution < 1.29 is 18.3 Å². The van der Waals surface area contributed by atoms with Crippen molar-refractivity contribution >= 4 is 7.60 Å². The minimum absolute atomic E-state index is 0.0244. The van der Waals surface area contributed by atoms with Crippen molar-refractivity contribution in [3.8, 4) is 11.5 Å². The van der Waals surface area contributed by atoms with E-state index in [-0.39, 0.29) is 6.10 Å². The standard InChI is InChI=1S/C17H29O4P/c1-6-7-12-22(18,19-13-14(2)3)21-17-11-9-8-10-16(17)20-15(4)5/h8-11,14-15H,6-7,12-13H2,1-5H3. The molecule has 0 saturated carbocycles. The molecule has 0 aliphatic heterocycles. The van der Waals surface area contributed by atoms with Gasteiger partial charge in [0.25, 0.3) is 0 Å². The first-order chi connectivity index (χ1) is 10.4. The van der Waals surface area contributed by atoms with Gasteiger partial charge in [-0.3, -0.25) is 4.52 Å². The molecule has 0 aliphatic rings. The molecule has 0 fully saturated rings. The van der Waals surface area contributed by atoms with E-state index in [2.05, 4.69) is 6.92 Å². The van der Waals surface area contributed by atoms with Gasteiger partial charge < -0.3 is 9.26 Å². The number of benzene rings is 1. The Bertz CT molecular complexity index is 485. The highest BCUT2D eigenvalue weighted by Crippen LogP contribution is 2.51. The van der Waals surface area contributed by atoms with E-state index in [0.717, 1.165) is 12.8 Å². The van der Waals surface area contributed by atoms with Crippen LogP contribution in [0, 0.1) is 5.92 Å². The minimum atomic E-state index is -3.16. The summed E-state index contributed by atoms with van der Waals surface area (Å²) in [5, 5.41) is 0. The molecule has 0 aromatic heterocycles. The molecule has 0 spiro atoms. The second-order valence-electron chi connectivity index (χ2n) is 6.08. The van der Waals surface area contributed by atoms with Crippen LogP contribution in [0.25, 0.3) is 0 Å². The normalized spacial score (nSPS) is 14.1. The van der Waals surface area contributed by atoms with Crippen LogP contribution in [0.15, 0.2) is 24.3 Å². The molecule has 0 N–H and O–H groups in total. The lowest BCUT2D eigenvalue weighted by molar-refractivity contribution is 0.217. The zero-order valence-corrected chi connectivity index (χ0v) is 15.3. The molecule has 0 radical (unpaired) electrons. The SMILES string of the molecule is CCCCP(=O)(OCC(C)C)Oc1ccccc1OC(C)C. The van der Waals surface area contributed by atoms with E-state index in [1.165, 1.54) is 0 Å². The molecule has 4 nitrogen and oxygen atoms in total. The largest absolute Gasteiger partial charge is 0.487 e. The van der Waals surface area contributed by atoms with Gasteiger partial charge in [-0.05, 0) is 38.3 Å². The van der Waals surface area contributed by atoms with Gasteiger partial charge in [-0.1, -0.05) is 39.3 Å². The molecule has 5 heteroatoms. The predicted octanol–water partition coefficient (Wildman–Crippen LogP) is 5.52. The Hall–Kier alpha value is -0.990. The Morgan fingerprint density at radius 1 is 1.09 bits per heavy atom. The molecule has 0 saturated heterocycles. The van der Waals surface area contributed by atoms with Gasteiger partial charge in [0.2, 0.25) is 0 Å². The van der Waals surface area contributed by atoms with Crippen molar-refractivity contribution in [2.45, 2.75) is 53.6 Å². The maximum absolute atomic E-state index is 13.0. The van der Waals surface area contributed by atoms with Crippen LogP contribution in [0.2, 0.25) is 0 Å². The van der Waals surface area contributed by atoms with E-state index in [0.29, 0.717) is 30.2 Å². The molecular weight excluding hydrogens is 299 g/mol. The molecule has 1 unspecified atom stereocenters. The summed E-state index contributed by atoms with van der Waals surface area (Å²) in [7, 11) is -3.16. The van der Waals surface area contributed by atoms with Crippen LogP contribution in [-0.2, 0) is 9.09 Å². The van der Waals surface area contributed by atoms with Crippen LogP contribution in [0.3, 0.4) is 0 Å². The minimum Gasteiger partial charge on any atom is -0.487 e. The van der Waals surface area contributed by atoms with Crippen molar-refractivity contribution in [2.75, 3.05) is 12.8 Å². The fraction of sp³-hybridized carbons (Fsp3) is 0.647. The van der Waals surface area contributed by atoms with Gasteiger partial charge in [0.05, 0.1) is 18.9 Å². The zero-order valence-electron chi connectivity index (χ0n) is 14.4. The lowest BCUT2D eigenvalue weighted by Crippen LogP contribution is -2.10. The lowest BCUT2D eigenvalue weighted by atomic mass is 10.2. The third-order valence-corrected chi connectivity index (χ3v) is 4.72. The molecule has 0 heterocycles. The molecule has 0 bridgehead atoms. The molecule has 1 atom stereocenters. The quantitative estimate of drug-likeness (QED) is 0.531. The van der Waals surface area contributed by atoms with Gasteiger partial charge in [-0.25, -0.2) is 4.57 Å². The van der Waals surface area contributed by atoms with Crippen molar-refractivity contribution in [1.29, 1.82) is 0 Å². The number of hydrogen-bond acceptors (Lipinski definition) is 4. The summed E-state index contributed by atoms with van der Waals surface area (Å²) in [5.41, 5.74) is 0. The molecule has 0 amide bonds. The molecule has 1 rings (SSSR count). The van der Waals surface area contributed by atoms with E-state index in [4.69, 9.17) is 13.8 Å². The van der Waals surface area contributed by atoms with Crippen LogP contribution in [0.1, 0.15) is 47.5 Å². The van der Waals surface area contributed by atoms with Gasteiger partial charge in [0.15, 0.2) is 11.5 Å². The molecule has 0 aliphatic carbocycles. The molecular formula is C17H29O4P. The smallest absolute Gasteiger partial charge is 0.379 e. The van der Waals surface area contributed by atoms with Crippen LogP contribution >= 0.6 is 7.60 Å². The lowest BCUT2D eigenvalue weighted by Gasteiger charge is -2.22. The molecule has 1 aromatic rings. The maximum Gasteiger partial charge on any atom is 0.379 e. The van der Waals surface area contributed by atoms with Crippen molar-refractivity contribution in [2.24, 2.45) is 5.92 Å². The first-order valence-electron chi connectivity index (χ1n) is 8.05. The number of ether oxygens (including phenoxy) is 1. The first-order valence-corrected chi connectivity index (χ1v) is 9.78. The van der Waals surface area contributed by atoms with Crippen molar-refractivity contribution in [3.05, 3.63) is 24.3 Å². The summed E-state index contributed by atoms with van der Waals surface area (Å²) in [6.45, 7) is 10.4. The van der Waals surface area contributed by atoms with Crippen LogP contribution in [0.4, 0.5) is 0 Å². The topological polar surface area (TPSA) is 44.8 Å². The first kappa shape index (κ1) is 19.1. The number of unbranched alkanes of at least 4 members (excludes halogenated alkanes) is 1. The summed E-state index contributed by atoms with van der Waals surface area (Å²) in [6, 6.07) is 7.31. The van der Waals surface area contributed by atoms with E-state index in [1.807, 2.05) is 45.9 Å². The van der Waals surface area contributed by atoms with Crippen LogP contribution in [-0.4, -0.2) is 18.9 Å². The Morgan fingerprint density at radius 2 is 1.73 bits per heavy atom. The fourth-order valence-corrected chi connectivity index (χ4v) is 3.73. The summed E-state index contributed by atoms with van der Waals surface area (Å²) in [4.78, 5) is 0. The van der Waals surface area contributed by atoms with Crippen molar-refractivity contribution in [1.82, 2.24) is 0 Å².